The van der Waals surface area contributed by atoms with Crippen LogP contribution in [0.2, 0.25) is 0 Å². The fourth-order valence-electron chi connectivity index (χ4n) is 3.75. The van der Waals surface area contributed by atoms with Crippen LogP contribution in [0.5, 0.6) is 0 Å². The standard InChI is InChI=1S/C24H30ClN5O.C3H3F3O2.C2H6/c1-4-17-12-15(2)16(3)18(13-17)24(31)30-21(10-7-11-27-22(26)14-25)23-28-19-8-5-6-9-20(19)29-23;1-2(7)8-3(4,5)6;1-2/h5-6,8-9,12-13,21H,4,7,10-11,14H2,1-3H3,(H2,26,27)(H,28,29)(H,30,31);1H3;1-2H3. The molecule has 1 amide bonds. The average Bonchev–Trinajstić information content (AvgIpc) is 3.36. The molecule has 0 fully saturated rings. The minimum absolute atomic E-state index is 0.0925. The predicted molar refractivity (Wildman–Crippen MR) is 157 cm³/mol. The Kier molecular flexibility index (Phi) is 14.9. The highest BCUT2D eigenvalue weighted by Gasteiger charge is 2.32. The van der Waals surface area contributed by atoms with Crippen molar-refractivity contribution >= 4 is 40.3 Å². The number of para-hydroxylation sites is 2. The summed E-state index contributed by atoms with van der Waals surface area (Å²) in [6.07, 6.45) is -2.52. The topological polar surface area (TPSA) is 122 Å². The van der Waals surface area contributed by atoms with E-state index < -0.39 is 12.3 Å². The van der Waals surface area contributed by atoms with Crippen molar-refractivity contribution in [2.45, 2.75) is 73.2 Å². The molecule has 0 saturated heterocycles. The number of carbonyl (C=O) groups excluding carboxylic acids is 2. The number of fused-ring (bicyclic) bond motifs is 1. The maximum Gasteiger partial charge on any atom is 0.575 e. The fourth-order valence-corrected chi connectivity index (χ4v) is 3.83. The number of hydrogen-bond donors (Lipinski definition) is 3. The number of halogens is 4. The minimum atomic E-state index is -4.83. The maximum absolute atomic E-state index is 13.3. The summed E-state index contributed by atoms with van der Waals surface area (Å²) in [6.45, 7) is 11.4. The number of alkyl halides is 4. The molecule has 0 radical (unpaired) electrons. The van der Waals surface area contributed by atoms with Crippen LogP contribution in [0, 0.1) is 13.8 Å². The number of imidazole rings is 1. The number of ether oxygens (including phenoxy) is 1. The summed E-state index contributed by atoms with van der Waals surface area (Å²) < 4.78 is 35.4. The number of amides is 1. The molecule has 2 aromatic carbocycles. The number of nitrogens with zero attached hydrogens (tertiary/aromatic N) is 2. The van der Waals surface area contributed by atoms with E-state index in [1.54, 1.807) is 0 Å². The molecule has 0 spiro atoms. The fraction of sp³-hybridized carbons (Fsp3) is 0.448. The number of carbonyl (C=O) groups is 2. The Morgan fingerprint density at radius 3 is 2.39 bits per heavy atom. The number of aliphatic imine (C=N–C) groups is 1. The molecule has 8 nitrogen and oxygen atoms in total. The molecule has 1 unspecified atom stereocenters. The van der Waals surface area contributed by atoms with Gasteiger partial charge in [-0.1, -0.05) is 39.0 Å². The Hall–Kier alpha value is -3.60. The molecule has 4 N–H and O–H groups in total. The van der Waals surface area contributed by atoms with Crippen LogP contribution in [-0.2, 0) is 16.0 Å². The molecule has 3 rings (SSSR count). The first-order valence-electron chi connectivity index (χ1n) is 13.3. The van der Waals surface area contributed by atoms with E-state index in [0.29, 0.717) is 31.3 Å². The first-order valence-corrected chi connectivity index (χ1v) is 13.8. The van der Waals surface area contributed by atoms with Crippen LogP contribution in [0.25, 0.3) is 11.0 Å². The van der Waals surface area contributed by atoms with Gasteiger partial charge in [0.1, 0.15) is 11.7 Å². The van der Waals surface area contributed by atoms with Crippen molar-refractivity contribution in [1.29, 1.82) is 0 Å². The number of nitrogens with two attached hydrogens (primary N) is 1. The summed E-state index contributed by atoms with van der Waals surface area (Å²) >= 11 is 5.70. The van der Waals surface area contributed by atoms with Gasteiger partial charge < -0.3 is 20.8 Å². The summed E-state index contributed by atoms with van der Waals surface area (Å²) in [6, 6.07) is 11.7. The molecule has 12 heteroatoms. The molecule has 1 atom stereocenters. The quantitative estimate of drug-likeness (QED) is 0.0834. The van der Waals surface area contributed by atoms with Crippen LogP contribution in [-0.4, -0.2) is 46.5 Å². The summed E-state index contributed by atoms with van der Waals surface area (Å²) in [5.74, 6) is -0.0585. The summed E-state index contributed by atoms with van der Waals surface area (Å²) in [4.78, 5) is 35.1. The number of esters is 1. The number of aromatic nitrogens is 2. The maximum atomic E-state index is 13.3. The smallest absolute Gasteiger partial charge is 0.386 e. The zero-order valence-corrected chi connectivity index (χ0v) is 25.0. The number of aromatic amines is 1. The lowest BCUT2D eigenvalue weighted by molar-refractivity contribution is -0.304. The van der Waals surface area contributed by atoms with Crippen LogP contribution in [0.1, 0.15) is 79.5 Å². The van der Waals surface area contributed by atoms with E-state index in [1.807, 2.05) is 58.0 Å². The molecular weight excluding hydrogens is 559 g/mol. The van der Waals surface area contributed by atoms with E-state index in [4.69, 9.17) is 22.3 Å². The van der Waals surface area contributed by atoms with Gasteiger partial charge in [-0.05, 0) is 68.0 Å². The van der Waals surface area contributed by atoms with Gasteiger partial charge in [0.25, 0.3) is 5.91 Å². The number of aryl methyl sites for hydroxylation is 2. The van der Waals surface area contributed by atoms with Gasteiger partial charge in [0, 0.05) is 19.0 Å². The Labute approximate surface area is 243 Å². The normalized spacial score (nSPS) is 12.0. The van der Waals surface area contributed by atoms with Gasteiger partial charge in [-0.3, -0.25) is 14.6 Å². The van der Waals surface area contributed by atoms with Crippen LogP contribution in [0.3, 0.4) is 0 Å². The highest BCUT2D eigenvalue weighted by molar-refractivity contribution is 6.27. The van der Waals surface area contributed by atoms with Crippen molar-refractivity contribution in [1.82, 2.24) is 15.3 Å². The Bertz CT molecular complexity index is 1280. The minimum Gasteiger partial charge on any atom is -0.386 e. The van der Waals surface area contributed by atoms with Gasteiger partial charge in [0.05, 0.1) is 23.0 Å². The monoisotopic (exact) mass is 597 g/mol. The van der Waals surface area contributed by atoms with Crippen molar-refractivity contribution < 1.29 is 27.5 Å². The number of rotatable bonds is 9. The van der Waals surface area contributed by atoms with Crippen LogP contribution < -0.4 is 11.1 Å². The average molecular weight is 598 g/mol. The second-order valence-corrected chi connectivity index (χ2v) is 9.06. The molecule has 0 bridgehead atoms. The molecule has 41 heavy (non-hydrogen) atoms. The van der Waals surface area contributed by atoms with Crippen molar-refractivity contribution in [3.63, 3.8) is 0 Å². The van der Waals surface area contributed by atoms with E-state index >= 15 is 0 Å². The van der Waals surface area contributed by atoms with E-state index in [-0.39, 0.29) is 17.8 Å². The third kappa shape index (κ3) is 12.2. The van der Waals surface area contributed by atoms with Gasteiger partial charge >= 0.3 is 12.3 Å². The van der Waals surface area contributed by atoms with Crippen LogP contribution in [0.15, 0.2) is 41.4 Å². The van der Waals surface area contributed by atoms with Crippen molar-refractivity contribution in [2.24, 2.45) is 10.7 Å². The van der Waals surface area contributed by atoms with E-state index in [1.165, 1.54) is 0 Å². The summed E-state index contributed by atoms with van der Waals surface area (Å²) in [7, 11) is 0. The number of nitrogens with one attached hydrogen (secondary N) is 2. The van der Waals surface area contributed by atoms with E-state index in [0.717, 1.165) is 46.4 Å². The zero-order chi connectivity index (χ0) is 31.2. The van der Waals surface area contributed by atoms with E-state index in [2.05, 4.69) is 33.0 Å². The molecule has 0 saturated carbocycles. The van der Waals surface area contributed by atoms with Crippen molar-refractivity contribution in [3.8, 4) is 0 Å². The molecule has 1 aromatic heterocycles. The molecule has 226 valence electrons. The second-order valence-electron chi connectivity index (χ2n) is 8.79. The highest BCUT2D eigenvalue weighted by Crippen LogP contribution is 2.23. The van der Waals surface area contributed by atoms with E-state index in [9.17, 15) is 22.8 Å². The second kappa shape index (κ2) is 17.3. The lowest BCUT2D eigenvalue weighted by Crippen LogP contribution is -2.30. The molecule has 3 aromatic rings. The number of hydrogen-bond acceptors (Lipinski definition) is 5. The van der Waals surface area contributed by atoms with Gasteiger partial charge in [-0.15, -0.1) is 24.8 Å². The van der Waals surface area contributed by atoms with Gasteiger partial charge in [0.15, 0.2) is 0 Å². The number of benzene rings is 2. The lowest BCUT2D eigenvalue weighted by Gasteiger charge is -2.18. The lowest BCUT2D eigenvalue weighted by atomic mass is 9.97. The Balaban J connectivity index is 0.000000725. The van der Waals surface area contributed by atoms with Gasteiger partial charge in [0.2, 0.25) is 0 Å². The predicted octanol–water partition coefficient (Wildman–Crippen LogP) is 6.68. The Morgan fingerprint density at radius 1 is 1.20 bits per heavy atom. The van der Waals surface area contributed by atoms with Crippen molar-refractivity contribution in [2.75, 3.05) is 12.4 Å². The third-order valence-electron chi connectivity index (χ3n) is 5.79. The first-order chi connectivity index (χ1) is 19.3. The molecule has 0 aliphatic heterocycles. The third-order valence-corrected chi connectivity index (χ3v) is 6.06. The SMILES string of the molecule is CC.CC(=O)OC(F)(F)F.CCc1cc(C)c(C)c(C(=O)NC(CCCN=C(N)CCl)c2nc3ccccc3[nH]2)c1. The molecule has 0 aliphatic carbocycles. The number of amidine groups is 1. The van der Waals surface area contributed by atoms with Crippen LogP contribution >= 0.6 is 11.6 Å². The Morgan fingerprint density at radius 2 is 1.85 bits per heavy atom. The largest absolute Gasteiger partial charge is 0.575 e. The van der Waals surface area contributed by atoms with Gasteiger partial charge in [-0.2, -0.15) is 0 Å². The summed E-state index contributed by atoms with van der Waals surface area (Å²) in [5, 5.41) is 3.19. The number of H-pyrrole nitrogens is 1. The molecule has 1 heterocycles. The highest BCUT2D eigenvalue weighted by atomic mass is 35.5. The first kappa shape index (κ1) is 35.4. The summed E-state index contributed by atoms with van der Waals surface area (Å²) in [5.41, 5.74) is 11.5. The zero-order valence-electron chi connectivity index (χ0n) is 24.3. The van der Waals surface area contributed by atoms with Crippen molar-refractivity contribution in [3.05, 3.63) is 64.5 Å². The molecule has 0 aliphatic rings. The molecular formula is C29H39ClF3N5O3. The van der Waals surface area contributed by atoms with Gasteiger partial charge in [-0.25, -0.2) is 4.98 Å². The van der Waals surface area contributed by atoms with Crippen LogP contribution in [0.4, 0.5) is 13.2 Å².